The van der Waals surface area contributed by atoms with Gasteiger partial charge in [0.15, 0.2) is 0 Å². The molecule has 1 saturated heterocycles. The molecule has 0 saturated carbocycles. The van der Waals surface area contributed by atoms with Crippen LogP contribution >= 0.6 is 11.6 Å². The van der Waals surface area contributed by atoms with Gasteiger partial charge in [0.2, 0.25) is 10.0 Å². The number of piperazine rings is 1. The molecule has 0 spiro atoms. The van der Waals surface area contributed by atoms with Crippen molar-refractivity contribution in [2.75, 3.05) is 33.3 Å². The molecule has 0 unspecified atom stereocenters. The second kappa shape index (κ2) is 9.15. The average Bonchev–Trinajstić information content (AvgIpc) is 2.73. The zero-order valence-electron chi connectivity index (χ0n) is 16.5. The summed E-state index contributed by atoms with van der Waals surface area (Å²) in [6.45, 7) is 0.316. The number of sulfonamides is 1. The van der Waals surface area contributed by atoms with Gasteiger partial charge in [-0.3, -0.25) is 4.79 Å². The van der Waals surface area contributed by atoms with Crippen molar-refractivity contribution in [1.82, 2.24) is 9.21 Å². The van der Waals surface area contributed by atoms with E-state index in [0.29, 0.717) is 17.2 Å². The molecule has 0 atom stereocenters. The third kappa shape index (κ3) is 5.03. The Kier molecular flexibility index (Phi) is 6.95. The smallest absolute Gasteiger partial charge is 0.380 e. The molecule has 0 radical (unpaired) electrons. The molecule has 1 amide bonds. The number of carbonyl (C=O) groups excluding carboxylic acids is 1. The van der Waals surface area contributed by atoms with Crippen LogP contribution in [0.4, 0.5) is 13.2 Å². The number of benzene rings is 2. The predicted octanol–water partition coefficient (Wildman–Crippen LogP) is 3.65. The van der Waals surface area contributed by atoms with E-state index in [1.54, 1.807) is 24.3 Å². The summed E-state index contributed by atoms with van der Waals surface area (Å²) in [5, 5.41) is -0.292. The van der Waals surface area contributed by atoms with E-state index >= 15 is 0 Å². The van der Waals surface area contributed by atoms with Crippen molar-refractivity contribution in [2.45, 2.75) is 17.7 Å². The lowest BCUT2D eigenvalue weighted by Gasteiger charge is -2.34. The van der Waals surface area contributed by atoms with E-state index in [0.717, 1.165) is 16.4 Å². The molecule has 0 aliphatic carbocycles. The Morgan fingerprint density at radius 1 is 1.10 bits per heavy atom. The van der Waals surface area contributed by atoms with Crippen LogP contribution < -0.4 is 0 Å². The third-order valence-corrected chi connectivity index (χ3v) is 7.33. The summed E-state index contributed by atoms with van der Waals surface area (Å²) in [5.41, 5.74) is 0.0708. The molecule has 31 heavy (non-hydrogen) atoms. The Labute approximate surface area is 183 Å². The minimum atomic E-state index is -4.70. The van der Waals surface area contributed by atoms with Gasteiger partial charge in [-0.2, -0.15) is 17.5 Å². The Morgan fingerprint density at radius 2 is 1.74 bits per heavy atom. The average molecular weight is 477 g/mol. The highest BCUT2D eigenvalue weighted by molar-refractivity contribution is 7.89. The summed E-state index contributed by atoms with van der Waals surface area (Å²) in [6, 6.07) is 9.14. The van der Waals surface area contributed by atoms with Crippen LogP contribution in [0.3, 0.4) is 0 Å². The molecule has 1 aliphatic heterocycles. The zero-order valence-corrected chi connectivity index (χ0v) is 18.1. The normalized spacial score (nSPS) is 15.8. The highest BCUT2D eigenvalue weighted by Gasteiger charge is 2.36. The molecule has 0 N–H and O–H groups in total. The van der Waals surface area contributed by atoms with Gasteiger partial charge in [0.05, 0.1) is 17.2 Å². The number of amides is 1. The van der Waals surface area contributed by atoms with Crippen LogP contribution in [-0.2, 0) is 27.5 Å². The van der Waals surface area contributed by atoms with E-state index in [2.05, 4.69) is 0 Å². The summed E-state index contributed by atoms with van der Waals surface area (Å²) in [7, 11) is -2.74. The fourth-order valence-corrected chi connectivity index (χ4v) is 5.25. The van der Waals surface area contributed by atoms with Gasteiger partial charge in [0.25, 0.3) is 5.91 Å². The molecule has 2 aromatic rings. The number of carbonyl (C=O) groups is 1. The number of hydrogen-bond donors (Lipinski definition) is 0. The first-order valence-electron chi connectivity index (χ1n) is 9.28. The molecule has 6 nitrogen and oxygen atoms in total. The monoisotopic (exact) mass is 476 g/mol. The van der Waals surface area contributed by atoms with Crippen LogP contribution in [0.2, 0.25) is 5.02 Å². The van der Waals surface area contributed by atoms with Crippen molar-refractivity contribution in [1.29, 1.82) is 0 Å². The maximum Gasteiger partial charge on any atom is 0.416 e. The topological polar surface area (TPSA) is 66.9 Å². The fourth-order valence-electron chi connectivity index (χ4n) is 3.33. The van der Waals surface area contributed by atoms with Crippen molar-refractivity contribution in [3.63, 3.8) is 0 Å². The Hall–Kier alpha value is -2.14. The predicted molar refractivity (Wildman–Crippen MR) is 108 cm³/mol. The summed E-state index contributed by atoms with van der Waals surface area (Å²) in [4.78, 5) is 13.8. The minimum Gasteiger partial charge on any atom is -0.380 e. The molecule has 1 heterocycles. The van der Waals surface area contributed by atoms with E-state index in [9.17, 15) is 26.4 Å². The van der Waals surface area contributed by atoms with Crippen LogP contribution in [-0.4, -0.2) is 56.8 Å². The third-order valence-electron chi connectivity index (χ3n) is 4.95. The largest absolute Gasteiger partial charge is 0.416 e. The van der Waals surface area contributed by atoms with Crippen molar-refractivity contribution >= 4 is 27.5 Å². The minimum absolute atomic E-state index is 0.0624. The first-order chi connectivity index (χ1) is 14.6. The highest BCUT2D eigenvalue weighted by atomic mass is 35.5. The van der Waals surface area contributed by atoms with Crippen LogP contribution in [0.1, 0.15) is 21.5 Å². The van der Waals surface area contributed by atoms with Crippen molar-refractivity contribution in [3.05, 3.63) is 64.2 Å². The molecular formula is C20H20ClF3N2O4S. The number of methoxy groups -OCH3 is 1. The summed E-state index contributed by atoms with van der Waals surface area (Å²) in [5.74, 6) is -0.262. The Morgan fingerprint density at radius 3 is 2.35 bits per heavy atom. The SMILES string of the molecule is COCc1ccccc1C(=O)N1CCN(S(=O)(=O)c2cc(C(F)(F)F)ccc2Cl)CC1. The van der Waals surface area contributed by atoms with Crippen molar-refractivity contribution in [3.8, 4) is 0 Å². The zero-order chi connectivity index (χ0) is 22.8. The van der Waals surface area contributed by atoms with E-state index in [4.69, 9.17) is 16.3 Å². The second-order valence-electron chi connectivity index (χ2n) is 6.93. The van der Waals surface area contributed by atoms with Gasteiger partial charge in [-0.05, 0) is 29.8 Å². The lowest BCUT2D eigenvalue weighted by molar-refractivity contribution is -0.137. The van der Waals surface area contributed by atoms with E-state index < -0.39 is 26.7 Å². The Balaban J connectivity index is 1.77. The summed E-state index contributed by atoms with van der Waals surface area (Å²) < 4.78 is 71.0. The quantitative estimate of drug-likeness (QED) is 0.660. The summed E-state index contributed by atoms with van der Waals surface area (Å²) >= 11 is 5.91. The van der Waals surface area contributed by atoms with Gasteiger partial charge >= 0.3 is 6.18 Å². The van der Waals surface area contributed by atoms with E-state index in [1.807, 2.05) is 0 Å². The molecular weight excluding hydrogens is 457 g/mol. The Bertz CT molecular complexity index is 1070. The number of nitrogens with zero attached hydrogens (tertiary/aromatic N) is 2. The van der Waals surface area contributed by atoms with Crippen LogP contribution in [0.15, 0.2) is 47.4 Å². The number of hydrogen-bond acceptors (Lipinski definition) is 4. The van der Waals surface area contributed by atoms with Crippen LogP contribution in [0, 0.1) is 0 Å². The van der Waals surface area contributed by atoms with E-state index in [-0.39, 0.29) is 43.7 Å². The van der Waals surface area contributed by atoms with Gasteiger partial charge < -0.3 is 9.64 Å². The molecule has 1 aliphatic rings. The van der Waals surface area contributed by atoms with Gasteiger partial charge in [0.1, 0.15) is 4.90 Å². The van der Waals surface area contributed by atoms with Crippen LogP contribution in [0.5, 0.6) is 0 Å². The molecule has 2 aromatic carbocycles. The number of rotatable bonds is 5. The maximum atomic E-state index is 13.0. The first kappa shape index (κ1) is 23.5. The summed E-state index contributed by atoms with van der Waals surface area (Å²) in [6.07, 6.45) is -4.70. The van der Waals surface area contributed by atoms with Gasteiger partial charge in [-0.25, -0.2) is 8.42 Å². The highest BCUT2D eigenvalue weighted by Crippen LogP contribution is 2.34. The molecule has 3 rings (SSSR count). The lowest BCUT2D eigenvalue weighted by Crippen LogP contribution is -2.50. The molecule has 0 aromatic heterocycles. The number of alkyl halides is 3. The van der Waals surface area contributed by atoms with Gasteiger partial charge in [-0.1, -0.05) is 29.8 Å². The number of halogens is 4. The first-order valence-corrected chi connectivity index (χ1v) is 11.1. The van der Waals surface area contributed by atoms with Crippen molar-refractivity contribution < 1.29 is 31.1 Å². The molecule has 11 heteroatoms. The molecule has 1 fully saturated rings. The maximum absolute atomic E-state index is 13.0. The number of ether oxygens (including phenoxy) is 1. The van der Waals surface area contributed by atoms with E-state index in [1.165, 1.54) is 12.0 Å². The molecule has 0 bridgehead atoms. The standard InChI is InChI=1S/C20H20ClF3N2O4S/c1-30-13-14-4-2-3-5-16(14)19(27)25-8-10-26(11-9-25)31(28,29)18-12-15(20(22,23)24)6-7-17(18)21/h2-7,12H,8-11,13H2,1H3. The molecule has 168 valence electrons. The fraction of sp³-hybridized carbons (Fsp3) is 0.350. The van der Waals surface area contributed by atoms with Crippen LogP contribution in [0.25, 0.3) is 0 Å². The second-order valence-corrected chi connectivity index (χ2v) is 9.24. The lowest BCUT2D eigenvalue weighted by atomic mass is 10.1. The van der Waals surface area contributed by atoms with Crippen molar-refractivity contribution in [2.24, 2.45) is 0 Å². The van der Waals surface area contributed by atoms with Gasteiger partial charge in [0, 0.05) is 38.9 Å². The van der Waals surface area contributed by atoms with Gasteiger partial charge in [-0.15, -0.1) is 0 Å².